The predicted molar refractivity (Wildman–Crippen MR) is 251 cm³/mol. The van der Waals surface area contributed by atoms with E-state index in [1.165, 1.54) is 108 Å². The van der Waals surface area contributed by atoms with Crippen molar-refractivity contribution in [1.29, 1.82) is 0 Å². The number of nitrogens with zero attached hydrogens (tertiary/aromatic N) is 1. The number of rotatable bonds is 29. The number of hydrogen-bond acceptors (Lipinski definition) is 9. The van der Waals surface area contributed by atoms with Gasteiger partial charge in [0.1, 0.15) is 25.9 Å². The van der Waals surface area contributed by atoms with E-state index in [4.69, 9.17) is 23.3 Å². The second-order valence-corrected chi connectivity index (χ2v) is 23.7. The zero-order chi connectivity index (χ0) is 46.1. The first-order chi connectivity index (χ1) is 29.9. The number of nitrogens with one attached hydrogen (secondary N) is 1. The number of ether oxygens (including phenoxy) is 3. The van der Waals surface area contributed by atoms with Crippen molar-refractivity contribution in [3.8, 4) is 0 Å². The Morgan fingerprint density at radius 3 is 2.16 bits per heavy atom. The molecule has 0 aromatic carbocycles. The van der Waals surface area contributed by atoms with Crippen LogP contribution in [0, 0.1) is 46.3 Å². The van der Waals surface area contributed by atoms with Gasteiger partial charge in [0, 0.05) is 13.0 Å². The van der Waals surface area contributed by atoms with Gasteiger partial charge in [0.15, 0.2) is 6.10 Å². The quantitative estimate of drug-likeness (QED) is 0.0256. The second kappa shape index (κ2) is 26.0. The molecule has 63 heavy (non-hydrogen) atoms. The number of likely N-dealkylation sites (N-methyl/N-ethyl adjacent to an activating group) is 1. The number of carbonyl (C=O) groups is 2. The first kappa shape index (κ1) is 54.0. The van der Waals surface area contributed by atoms with Crippen LogP contribution in [0.2, 0.25) is 0 Å². The molecule has 4 rings (SSSR count). The summed E-state index contributed by atoms with van der Waals surface area (Å²) in [5.74, 6) is 4.57. The highest BCUT2D eigenvalue weighted by Crippen LogP contribution is 2.67. The summed E-state index contributed by atoms with van der Waals surface area (Å²) in [6, 6.07) is 0. The molecule has 0 bridgehead atoms. The Morgan fingerprint density at radius 1 is 0.841 bits per heavy atom. The zero-order valence-corrected chi connectivity index (χ0v) is 42.5. The van der Waals surface area contributed by atoms with Gasteiger partial charge in [-0.05, 0) is 97.7 Å². The zero-order valence-electron chi connectivity index (χ0n) is 41.6. The maximum absolute atomic E-state index is 13.2. The fraction of sp³-hybridized carbons (Fsp3) is 0.922. The molecule has 4 aliphatic rings. The van der Waals surface area contributed by atoms with E-state index in [1.807, 2.05) is 21.1 Å². The summed E-state index contributed by atoms with van der Waals surface area (Å²) < 4.78 is 40.2. The van der Waals surface area contributed by atoms with E-state index in [9.17, 15) is 19.0 Å². The number of phosphoric acid groups is 1. The topological polar surface area (TPSA) is 132 Å². The first-order valence-electron chi connectivity index (χ1n) is 25.7. The summed E-state index contributed by atoms with van der Waals surface area (Å²) >= 11 is 0. The van der Waals surface area contributed by atoms with Gasteiger partial charge in [0.2, 0.25) is 0 Å². The molecule has 0 aromatic rings. The van der Waals surface area contributed by atoms with Gasteiger partial charge in [-0.1, -0.05) is 143 Å². The lowest BCUT2D eigenvalue weighted by Gasteiger charge is -2.58. The predicted octanol–water partition coefficient (Wildman–Crippen LogP) is 12.6. The minimum Gasteiger partial charge on any atom is -0.756 e. The lowest BCUT2D eigenvalue weighted by atomic mass is 9.47. The lowest BCUT2D eigenvalue weighted by molar-refractivity contribution is -0.870. The molecule has 3 fully saturated rings. The second-order valence-electron chi connectivity index (χ2n) is 22.3. The number of fused-ring (bicyclic) bond motifs is 5. The maximum Gasteiger partial charge on any atom is 0.508 e. The smallest absolute Gasteiger partial charge is 0.508 e. The highest BCUT2D eigenvalue weighted by molar-refractivity contribution is 7.45. The Hall–Kier alpha value is -1.65. The van der Waals surface area contributed by atoms with Crippen LogP contribution in [0.4, 0.5) is 9.59 Å². The molecular weight excluding hydrogens is 816 g/mol. The van der Waals surface area contributed by atoms with E-state index in [2.05, 4.69) is 52.9 Å². The number of unbranched alkanes of at least 4 members (excludes halogenated alkanes) is 11. The summed E-state index contributed by atoms with van der Waals surface area (Å²) in [4.78, 5) is 38.6. The Morgan fingerprint density at radius 2 is 1.51 bits per heavy atom. The molecule has 1 unspecified atom stereocenters. The minimum atomic E-state index is -4.71. The molecule has 12 heteroatoms. The molecule has 0 aromatic heterocycles. The SMILES string of the molecule is CCCCCCCCCCCCCCNC(=O)O[C@@H](COC(=O)O[C@H]1CC[C@@]2(C)C(=CC[C@H]3[C@@H]4CC[C@H]([C@H](C)CCCC(C)C)[C@@]4(C)CC[C@@H]32)C1)COP(=O)([O-])OCC[N+](C)(C)C. The van der Waals surface area contributed by atoms with E-state index < -0.39 is 39.4 Å². The van der Waals surface area contributed by atoms with Crippen molar-refractivity contribution in [2.75, 3.05) is 54.1 Å². The van der Waals surface area contributed by atoms with Crippen LogP contribution in [-0.4, -0.2) is 83.0 Å². The maximum atomic E-state index is 13.2. The third-order valence-corrected chi connectivity index (χ3v) is 16.9. The van der Waals surface area contributed by atoms with Crippen molar-refractivity contribution in [3.63, 3.8) is 0 Å². The molecule has 0 saturated heterocycles. The molecule has 366 valence electrons. The third kappa shape index (κ3) is 17.5. The molecule has 1 N–H and O–H groups in total. The Labute approximate surface area is 384 Å². The summed E-state index contributed by atoms with van der Waals surface area (Å²) in [7, 11) is 1.07. The van der Waals surface area contributed by atoms with Crippen molar-refractivity contribution in [1.82, 2.24) is 5.32 Å². The molecule has 0 spiro atoms. The van der Waals surface area contributed by atoms with E-state index >= 15 is 0 Å². The number of hydrogen-bond donors (Lipinski definition) is 1. The Balaban J connectivity index is 1.24. The molecule has 0 heterocycles. The molecule has 1 amide bonds. The average molecular weight is 909 g/mol. The van der Waals surface area contributed by atoms with Crippen LogP contribution in [0.25, 0.3) is 0 Å². The molecular formula is C51H93N2O9P. The van der Waals surface area contributed by atoms with Crippen LogP contribution in [0.5, 0.6) is 0 Å². The van der Waals surface area contributed by atoms with Crippen LogP contribution in [-0.2, 0) is 27.8 Å². The number of amides is 1. The van der Waals surface area contributed by atoms with E-state index in [1.54, 1.807) is 0 Å². The molecule has 3 saturated carbocycles. The van der Waals surface area contributed by atoms with E-state index in [0.717, 1.165) is 68.1 Å². The molecule has 4 aliphatic carbocycles. The Kier molecular flexibility index (Phi) is 22.3. The summed E-state index contributed by atoms with van der Waals surface area (Å²) in [5, 5.41) is 2.76. The number of quaternary nitrogens is 1. The third-order valence-electron chi connectivity index (χ3n) is 15.9. The number of carbonyl (C=O) groups excluding carboxylic acids is 2. The fourth-order valence-corrected chi connectivity index (χ4v) is 12.9. The minimum absolute atomic E-state index is 0.0607. The molecule has 0 radical (unpaired) electrons. The van der Waals surface area contributed by atoms with E-state index in [0.29, 0.717) is 35.3 Å². The standard InChI is InChI=1S/C51H93N2O9P/c1-10-11-12-13-14-15-16-17-18-19-20-21-33-52-48(54)61-43(38-60-63(56,57)59-35-34-53(7,8)9)37-58-49(55)62-42-29-31-50(5)41(36-42)25-26-44-46-28-27-45(40(4)24-22-23-39(2)3)51(46,6)32-30-47(44)50/h25,39-40,42-47H,10-24,26-38H2,1-9H3,(H-,52,54,56,57)/t40-,42+,43+,44+,45-,46+,47+,50+,51-/m1/s1. The van der Waals surface area contributed by atoms with Gasteiger partial charge >= 0.3 is 12.2 Å². The van der Waals surface area contributed by atoms with Crippen LogP contribution in [0.15, 0.2) is 11.6 Å². The van der Waals surface area contributed by atoms with Gasteiger partial charge in [-0.2, -0.15) is 0 Å². The lowest BCUT2D eigenvalue weighted by Crippen LogP contribution is -2.51. The van der Waals surface area contributed by atoms with Crippen molar-refractivity contribution in [3.05, 3.63) is 11.6 Å². The average Bonchev–Trinajstić information content (AvgIpc) is 3.57. The van der Waals surface area contributed by atoms with Crippen LogP contribution < -0.4 is 10.2 Å². The highest BCUT2D eigenvalue weighted by Gasteiger charge is 2.59. The van der Waals surface area contributed by atoms with Gasteiger partial charge in [0.05, 0.1) is 27.7 Å². The van der Waals surface area contributed by atoms with Crippen LogP contribution in [0.1, 0.15) is 189 Å². The Bertz CT molecular complexity index is 1450. The normalized spacial score (nSPS) is 28.8. The van der Waals surface area contributed by atoms with E-state index in [-0.39, 0.29) is 18.1 Å². The van der Waals surface area contributed by atoms with Crippen molar-refractivity contribution < 1.29 is 46.8 Å². The number of allylic oxidation sites excluding steroid dienone is 1. The van der Waals surface area contributed by atoms with Gasteiger partial charge in [-0.3, -0.25) is 4.57 Å². The summed E-state index contributed by atoms with van der Waals surface area (Å²) in [5.41, 5.74) is 1.97. The fourth-order valence-electron chi connectivity index (χ4n) is 12.2. The van der Waals surface area contributed by atoms with Gasteiger partial charge in [-0.25, -0.2) is 9.59 Å². The van der Waals surface area contributed by atoms with Gasteiger partial charge < -0.3 is 38.0 Å². The molecule has 10 atom stereocenters. The summed E-state index contributed by atoms with van der Waals surface area (Å²) in [6.45, 7) is 14.4. The largest absolute Gasteiger partial charge is 0.756 e. The molecule has 0 aliphatic heterocycles. The van der Waals surface area contributed by atoms with Gasteiger partial charge in [0.25, 0.3) is 7.82 Å². The highest BCUT2D eigenvalue weighted by atomic mass is 31.2. The number of alkyl carbamates (subject to hydrolysis) is 1. The first-order valence-corrected chi connectivity index (χ1v) is 27.2. The van der Waals surface area contributed by atoms with Crippen LogP contribution in [0.3, 0.4) is 0 Å². The van der Waals surface area contributed by atoms with Gasteiger partial charge in [-0.15, -0.1) is 0 Å². The van der Waals surface area contributed by atoms with Crippen LogP contribution >= 0.6 is 7.82 Å². The monoisotopic (exact) mass is 909 g/mol. The van der Waals surface area contributed by atoms with Crippen molar-refractivity contribution in [2.45, 2.75) is 201 Å². The van der Waals surface area contributed by atoms with Crippen molar-refractivity contribution >= 4 is 20.1 Å². The molecule has 11 nitrogen and oxygen atoms in total. The van der Waals surface area contributed by atoms with Crippen molar-refractivity contribution in [2.24, 2.45) is 46.3 Å². The summed E-state index contributed by atoms with van der Waals surface area (Å²) in [6.07, 6.45) is 26.9. The number of phosphoric ester groups is 1.